The largest absolute Gasteiger partial charge is 0.320 e. The van der Waals surface area contributed by atoms with Crippen LogP contribution in [-0.4, -0.2) is 27.6 Å². The first-order chi connectivity index (χ1) is 14.8. The number of amides is 1. The number of rotatable bonds is 6. The number of nitrogens with zero attached hydrogens (tertiary/aromatic N) is 3. The molecule has 1 amide bonds. The summed E-state index contributed by atoms with van der Waals surface area (Å²) in [6, 6.07) is 13.6. The Labute approximate surface area is 184 Å². The summed E-state index contributed by atoms with van der Waals surface area (Å²) in [5.41, 5.74) is 6.98. The van der Waals surface area contributed by atoms with Crippen molar-refractivity contribution in [1.82, 2.24) is 9.97 Å². The van der Waals surface area contributed by atoms with Crippen LogP contribution in [0.15, 0.2) is 59.9 Å². The van der Waals surface area contributed by atoms with Crippen molar-refractivity contribution >= 4 is 17.3 Å². The Kier molecular flexibility index (Phi) is 6.95. The summed E-state index contributed by atoms with van der Waals surface area (Å²) in [5, 5.41) is 2.97. The predicted molar refractivity (Wildman–Crippen MR) is 128 cm³/mol. The highest BCUT2D eigenvalue weighted by Gasteiger charge is 2.18. The van der Waals surface area contributed by atoms with Gasteiger partial charge in [-0.05, 0) is 75.1 Å². The van der Waals surface area contributed by atoms with E-state index in [4.69, 9.17) is 4.99 Å². The maximum Gasteiger partial charge on any atom is 0.255 e. The number of hydrogen-bond donors (Lipinski definition) is 1. The predicted octanol–water partition coefficient (Wildman–Crippen LogP) is 5.87. The third kappa shape index (κ3) is 5.23. The smallest absolute Gasteiger partial charge is 0.255 e. The molecule has 1 aromatic carbocycles. The van der Waals surface area contributed by atoms with Crippen LogP contribution in [0.4, 0.5) is 5.69 Å². The van der Waals surface area contributed by atoms with Crippen molar-refractivity contribution in [3.63, 3.8) is 0 Å². The van der Waals surface area contributed by atoms with Gasteiger partial charge in [-0.25, -0.2) is 0 Å². The first-order valence-corrected chi connectivity index (χ1v) is 10.6. The fourth-order valence-corrected chi connectivity index (χ4v) is 3.45. The van der Waals surface area contributed by atoms with Gasteiger partial charge in [-0.15, -0.1) is 0 Å². The number of aryl methyl sites for hydroxylation is 2. The molecule has 2 heterocycles. The van der Waals surface area contributed by atoms with Crippen LogP contribution in [0, 0.1) is 19.8 Å². The number of aromatic nitrogens is 2. The van der Waals surface area contributed by atoms with Crippen LogP contribution < -0.4 is 5.32 Å². The molecule has 3 aromatic rings. The molecule has 0 radical (unpaired) electrons. The monoisotopic (exact) mass is 414 g/mol. The summed E-state index contributed by atoms with van der Waals surface area (Å²) >= 11 is 0. The van der Waals surface area contributed by atoms with Crippen molar-refractivity contribution in [2.75, 3.05) is 5.32 Å². The van der Waals surface area contributed by atoms with E-state index in [9.17, 15) is 4.79 Å². The Morgan fingerprint density at radius 1 is 0.935 bits per heavy atom. The van der Waals surface area contributed by atoms with Gasteiger partial charge in [-0.1, -0.05) is 26.0 Å². The highest BCUT2D eigenvalue weighted by Crippen LogP contribution is 2.29. The van der Waals surface area contributed by atoms with Crippen molar-refractivity contribution < 1.29 is 4.79 Å². The number of pyridine rings is 2. The minimum Gasteiger partial charge on any atom is -0.320 e. The zero-order valence-corrected chi connectivity index (χ0v) is 19.1. The Morgan fingerprint density at radius 3 is 2.32 bits per heavy atom. The van der Waals surface area contributed by atoms with Crippen LogP contribution >= 0.6 is 0 Å². The third-order valence-electron chi connectivity index (χ3n) is 5.04. The minimum atomic E-state index is -0.164. The van der Waals surface area contributed by atoms with E-state index in [1.807, 2.05) is 50.2 Å². The molecule has 5 heteroatoms. The molecule has 1 N–H and O–H groups in total. The molecule has 0 aliphatic carbocycles. The van der Waals surface area contributed by atoms with Gasteiger partial charge in [0.25, 0.3) is 5.91 Å². The van der Waals surface area contributed by atoms with E-state index in [1.54, 1.807) is 12.4 Å². The lowest BCUT2D eigenvalue weighted by Gasteiger charge is -2.17. The molecule has 3 rings (SSSR count). The molecule has 0 saturated carbocycles. The van der Waals surface area contributed by atoms with Crippen LogP contribution in [0.2, 0.25) is 0 Å². The molecule has 0 fully saturated rings. The molecule has 31 heavy (non-hydrogen) atoms. The number of anilines is 1. The molecular formula is C26H30N4O. The summed E-state index contributed by atoms with van der Waals surface area (Å²) in [7, 11) is 0. The summed E-state index contributed by atoms with van der Waals surface area (Å²) in [4.78, 5) is 26.7. The van der Waals surface area contributed by atoms with Crippen molar-refractivity contribution in [3.8, 4) is 11.1 Å². The number of aliphatic imine (C=N–C) groups is 1. The molecule has 0 spiro atoms. The molecule has 5 nitrogen and oxygen atoms in total. The lowest BCUT2D eigenvalue weighted by atomic mass is 9.92. The van der Waals surface area contributed by atoms with Crippen molar-refractivity contribution in [1.29, 1.82) is 0 Å². The summed E-state index contributed by atoms with van der Waals surface area (Å²) in [6.07, 6.45) is 3.51. The first-order valence-electron chi connectivity index (χ1n) is 10.6. The SMILES string of the molecule is Cc1ccc(C(=O)Nc2cccnc2C)cc1-c1cccnc1C(=NC(C)C)C(C)C. The normalized spacial score (nSPS) is 11.8. The second-order valence-electron chi connectivity index (χ2n) is 8.28. The van der Waals surface area contributed by atoms with Crippen LogP contribution in [0.3, 0.4) is 0 Å². The average molecular weight is 415 g/mol. The van der Waals surface area contributed by atoms with E-state index >= 15 is 0 Å². The first kappa shape index (κ1) is 22.3. The quantitative estimate of drug-likeness (QED) is 0.513. The number of hydrogen-bond acceptors (Lipinski definition) is 4. The fraction of sp³-hybridized carbons (Fsp3) is 0.308. The molecular weight excluding hydrogens is 384 g/mol. The zero-order chi connectivity index (χ0) is 22.5. The van der Waals surface area contributed by atoms with E-state index in [1.165, 1.54) is 0 Å². The molecule has 0 atom stereocenters. The van der Waals surface area contributed by atoms with Crippen molar-refractivity contribution in [2.24, 2.45) is 10.9 Å². The third-order valence-corrected chi connectivity index (χ3v) is 5.04. The maximum atomic E-state index is 13.0. The van der Waals surface area contributed by atoms with Crippen LogP contribution in [-0.2, 0) is 0 Å². The molecule has 0 aliphatic rings. The van der Waals surface area contributed by atoms with Crippen LogP contribution in [0.25, 0.3) is 11.1 Å². The molecule has 0 saturated heterocycles. The average Bonchev–Trinajstić information content (AvgIpc) is 2.74. The highest BCUT2D eigenvalue weighted by atomic mass is 16.1. The molecule has 2 aromatic heterocycles. The lowest BCUT2D eigenvalue weighted by molar-refractivity contribution is 0.102. The van der Waals surface area contributed by atoms with Gasteiger partial charge in [0, 0.05) is 29.6 Å². The second kappa shape index (κ2) is 9.65. The zero-order valence-electron chi connectivity index (χ0n) is 19.1. The number of nitrogens with one attached hydrogen (secondary N) is 1. The molecule has 0 aliphatic heterocycles. The van der Waals surface area contributed by atoms with Crippen LogP contribution in [0.1, 0.15) is 55.0 Å². The molecule has 0 bridgehead atoms. The summed E-state index contributed by atoms with van der Waals surface area (Å²) < 4.78 is 0. The minimum absolute atomic E-state index is 0.164. The summed E-state index contributed by atoms with van der Waals surface area (Å²) in [5.74, 6) is 0.0686. The second-order valence-corrected chi connectivity index (χ2v) is 8.28. The molecule has 160 valence electrons. The highest BCUT2D eigenvalue weighted by molar-refractivity contribution is 6.08. The Bertz CT molecular complexity index is 1120. The fourth-order valence-electron chi connectivity index (χ4n) is 3.45. The van der Waals surface area contributed by atoms with Gasteiger partial charge in [-0.3, -0.25) is 19.8 Å². The lowest BCUT2D eigenvalue weighted by Crippen LogP contribution is -2.16. The van der Waals surface area contributed by atoms with E-state index < -0.39 is 0 Å². The van der Waals surface area contributed by atoms with E-state index in [-0.39, 0.29) is 17.9 Å². The topological polar surface area (TPSA) is 67.2 Å². The number of carbonyl (C=O) groups is 1. The van der Waals surface area contributed by atoms with Gasteiger partial charge in [0.1, 0.15) is 0 Å². The van der Waals surface area contributed by atoms with Gasteiger partial charge in [0.05, 0.1) is 22.8 Å². The summed E-state index contributed by atoms with van der Waals surface area (Å²) in [6.45, 7) is 12.3. The van der Waals surface area contributed by atoms with Crippen molar-refractivity contribution in [3.05, 3.63) is 77.4 Å². The van der Waals surface area contributed by atoms with Gasteiger partial charge in [-0.2, -0.15) is 0 Å². The van der Waals surface area contributed by atoms with E-state index in [0.717, 1.165) is 33.8 Å². The Morgan fingerprint density at radius 2 is 1.65 bits per heavy atom. The number of benzene rings is 1. The van der Waals surface area contributed by atoms with Gasteiger partial charge in [0.15, 0.2) is 0 Å². The maximum absolute atomic E-state index is 13.0. The standard InChI is InChI=1S/C26H30N4O/c1-16(2)24(29-17(3)4)25-21(9-7-14-28-25)22-15-20(12-11-18(22)5)26(31)30-23-10-8-13-27-19(23)6/h7-17H,1-6H3,(H,30,31). The Balaban J connectivity index is 2.05. The van der Waals surface area contributed by atoms with Gasteiger partial charge >= 0.3 is 0 Å². The van der Waals surface area contributed by atoms with Gasteiger partial charge < -0.3 is 5.32 Å². The molecule has 0 unspecified atom stereocenters. The van der Waals surface area contributed by atoms with Crippen LogP contribution in [0.5, 0.6) is 0 Å². The van der Waals surface area contributed by atoms with Crippen molar-refractivity contribution in [2.45, 2.75) is 47.6 Å². The number of carbonyl (C=O) groups excluding carboxylic acids is 1. The van der Waals surface area contributed by atoms with E-state index in [0.29, 0.717) is 11.3 Å². The van der Waals surface area contributed by atoms with E-state index in [2.05, 4.69) is 49.0 Å². The van der Waals surface area contributed by atoms with Gasteiger partial charge in [0.2, 0.25) is 0 Å². The Hall–Kier alpha value is -3.34.